The third kappa shape index (κ3) is 7.90. The van der Waals surface area contributed by atoms with Crippen LogP contribution in [0.2, 0.25) is 0 Å². The molecule has 2 rings (SSSR count). The fourth-order valence-electron chi connectivity index (χ4n) is 3.08. The third-order valence-electron chi connectivity index (χ3n) is 4.56. The monoisotopic (exact) mass is 415 g/mol. The van der Waals surface area contributed by atoms with E-state index in [1.54, 1.807) is 36.1 Å². The molecule has 30 heavy (non-hydrogen) atoms. The van der Waals surface area contributed by atoms with Crippen molar-refractivity contribution in [3.8, 4) is 0 Å². The highest BCUT2D eigenvalue weighted by Gasteiger charge is 2.25. The molecule has 0 spiro atoms. The van der Waals surface area contributed by atoms with Crippen molar-refractivity contribution in [2.45, 2.75) is 32.7 Å². The van der Waals surface area contributed by atoms with Gasteiger partial charge in [-0.05, 0) is 50.5 Å². The molecule has 0 radical (unpaired) electrons. The van der Waals surface area contributed by atoms with Gasteiger partial charge in [-0.25, -0.2) is 5.48 Å². The number of nitrogens with zero attached hydrogens (tertiary/aromatic N) is 1. The van der Waals surface area contributed by atoms with Crippen LogP contribution < -0.4 is 10.8 Å². The highest BCUT2D eigenvalue weighted by molar-refractivity contribution is 5.94. The molecule has 0 aliphatic heterocycles. The van der Waals surface area contributed by atoms with Gasteiger partial charge in [-0.15, -0.1) is 0 Å². The number of benzene rings is 1. The topological polar surface area (TPSA) is 110 Å². The largest absolute Gasteiger partial charge is 0.356 e. The molecule has 1 heterocycles. The first-order valence-corrected chi connectivity index (χ1v) is 9.89. The van der Waals surface area contributed by atoms with E-state index in [2.05, 4.69) is 10.3 Å². The van der Waals surface area contributed by atoms with E-state index in [1.807, 2.05) is 32.0 Å². The summed E-state index contributed by atoms with van der Waals surface area (Å²) in [5.74, 6) is -1.37. The molecular formula is C22H29N3O5. The Morgan fingerprint density at radius 1 is 1.20 bits per heavy atom. The van der Waals surface area contributed by atoms with Gasteiger partial charge in [0.15, 0.2) is 0 Å². The number of aryl methyl sites for hydroxylation is 1. The van der Waals surface area contributed by atoms with Gasteiger partial charge in [0.25, 0.3) is 5.91 Å². The zero-order valence-electron chi connectivity index (χ0n) is 17.3. The SMILES string of the molecule is CCOCOC[C@H](C[C@H](Cc1cccnc1)C(=O)NO)NC(=O)c1cccc(C)c1. The summed E-state index contributed by atoms with van der Waals surface area (Å²) in [5.41, 5.74) is 4.07. The van der Waals surface area contributed by atoms with Crippen LogP contribution in [0, 0.1) is 12.8 Å². The van der Waals surface area contributed by atoms with Crippen LogP contribution in [-0.2, 0) is 20.7 Å². The van der Waals surface area contributed by atoms with Gasteiger partial charge in [0.1, 0.15) is 6.79 Å². The molecule has 0 aliphatic carbocycles. The minimum atomic E-state index is -0.585. The first kappa shape index (κ1) is 23.5. The van der Waals surface area contributed by atoms with E-state index in [0.717, 1.165) is 11.1 Å². The van der Waals surface area contributed by atoms with Crippen molar-refractivity contribution in [2.75, 3.05) is 20.0 Å². The van der Waals surface area contributed by atoms with Crippen molar-refractivity contribution >= 4 is 11.8 Å². The second-order valence-electron chi connectivity index (χ2n) is 7.00. The summed E-state index contributed by atoms with van der Waals surface area (Å²) in [6.07, 6.45) is 3.95. The number of carbonyl (C=O) groups excluding carboxylic acids is 2. The van der Waals surface area contributed by atoms with Gasteiger partial charge in [-0.2, -0.15) is 0 Å². The molecule has 8 heteroatoms. The molecule has 3 N–H and O–H groups in total. The van der Waals surface area contributed by atoms with E-state index >= 15 is 0 Å². The van der Waals surface area contributed by atoms with E-state index in [4.69, 9.17) is 9.47 Å². The molecule has 0 bridgehead atoms. The first-order chi connectivity index (χ1) is 14.5. The number of nitrogens with one attached hydrogen (secondary N) is 2. The fourth-order valence-corrected chi connectivity index (χ4v) is 3.08. The third-order valence-corrected chi connectivity index (χ3v) is 4.56. The van der Waals surface area contributed by atoms with Crippen molar-refractivity contribution in [1.82, 2.24) is 15.8 Å². The Morgan fingerprint density at radius 3 is 2.70 bits per heavy atom. The highest BCUT2D eigenvalue weighted by Crippen LogP contribution is 2.16. The Morgan fingerprint density at radius 2 is 2.03 bits per heavy atom. The number of aromatic nitrogens is 1. The van der Waals surface area contributed by atoms with Crippen molar-refractivity contribution in [3.05, 3.63) is 65.5 Å². The fraction of sp³-hybridized carbons (Fsp3) is 0.409. The average Bonchev–Trinajstić information content (AvgIpc) is 2.76. The Labute approximate surface area is 176 Å². The summed E-state index contributed by atoms with van der Waals surface area (Å²) in [4.78, 5) is 29.0. The molecule has 2 aromatic rings. The normalized spacial score (nSPS) is 12.8. The van der Waals surface area contributed by atoms with Gasteiger partial charge in [0.05, 0.1) is 12.6 Å². The average molecular weight is 415 g/mol. The lowest BCUT2D eigenvalue weighted by Crippen LogP contribution is -2.42. The number of amides is 2. The Balaban J connectivity index is 2.11. The molecule has 0 unspecified atom stereocenters. The van der Waals surface area contributed by atoms with Crippen molar-refractivity contribution < 1.29 is 24.3 Å². The lowest BCUT2D eigenvalue weighted by atomic mass is 9.92. The van der Waals surface area contributed by atoms with E-state index in [1.165, 1.54) is 0 Å². The summed E-state index contributed by atoms with van der Waals surface area (Å²) in [7, 11) is 0. The molecule has 0 saturated heterocycles. The molecule has 2 amide bonds. The van der Waals surface area contributed by atoms with Gasteiger partial charge in [-0.1, -0.05) is 23.8 Å². The highest BCUT2D eigenvalue weighted by atomic mass is 16.7. The molecule has 1 aromatic heterocycles. The van der Waals surface area contributed by atoms with Crippen LogP contribution in [-0.4, -0.2) is 48.1 Å². The maximum Gasteiger partial charge on any atom is 0.251 e. The van der Waals surface area contributed by atoms with Crippen LogP contribution in [0.4, 0.5) is 0 Å². The molecule has 2 atom stereocenters. The number of hydrogen-bond acceptors (Lipinski definition) is 6. The summed E-state index contributed by atoms with van der Waals surface area (Å²) in [6.45, 7) is 4.54. The first-order valence-electron chi connectivity index (χ1n) is 9.89. The summed E-state index contributed by atoms with van der Waals surface area (Å²) >= 11 is 0. The second-order valence-corrected chi connectivity index (χ2v) is 7.00. The number of carbonyl (C=O) groups is 2. The maximum atomic E-state index is 12.7. The minimum Gasteiger partial charge on any atom is -0.356 e. The van der Waals surface area contributed by atoms with Gasteiger partial charge in [0, 0.05) is 30.5 Å². The summed E-state index contributed by atoms with van der Waals surface area (Å²) < 4.78 is 10.7. The van der Waals surface area contributed by atoms with Crippen molar-refractivity contribution in [1.29, 1.82) is 0 Å². The standard InChI is InChI=1S/C22H29N3O5/c1-3-29-15-30-14-20(24-21(26)18-8-4-6-16(2)10-18)12-19(22(27)25-28)11-17-7-5-9-23-13-17/h4-10,13,19-20,28H,3,11-12,14-15H2,1-2H3,(H,24,26)(H,25,27)/t19-,20-/m0/s1. The molecule has 0 aliphatic rings. The van der Waals surface area contributed by atoms with Gasteiger partial charge >= 0.3 is 0 Å². The minimum absolute atomic E-state index is 0.0901. The number of rotatable bonds is 12. The van der Waals surface area contributed by atoms with E-state index in [9.17, 15) is 14.8 Å². The van der Waals surface area contributed by atoms with Crippen LogP contribution in [0.3, 0.4) is 0 Å². The number of hydroxylamine groups is 1. The maximum absolute atomic E-state index is 12.7. The van der Waals surface area contributed by atoms with Crippen LogP contribution in [0.15, 0.2) is 48.8 Å². The van der Waals surface area contributed by atoms with E-state index < -0.39 is 17.9 Å². The van der Waals surface area contributed by atoms with E-state index in [0.29, 0.717) is 18.6 Å². The quantitative estimate of drug-likeness (QED) is 0.212. The zero-order chi connectivity index (χ0) is 21.8. The molecule has 162 valence electrons. The predicted molar refractivity (Wildman–Crippen MR) is 111 cm³/mol. The molecule has 0 saturated carbocycles. The molecular weight excluding hydrogens is 386 g/mol. The van der Waals surface area contributed by atoms with E-state index in [-0.39, 0.29) is 25.7 Å². The van der Waals surface area contributed by atoms with Crippen LogP contribution >= 0.6 is 0 Å². The summed E-state index contributed by atoms with van der Waals surface area (Å²) in [6, 6.07) is 10.4. The van der Waals surface area contributed by atoms with Crippen LogP contribution in [0.1, 0.15) is 34.8 Å². The molecule has 1 aromatic carbocycles. The van der Waals surface area contributed by atoms with Gasteiger partial charge in [-0.3, -0.25) is 19.8 Å². The smallest absolute Gasteiger partial charge is 0.251 e. The number of ether oxygens (including phenoxy) is 2. The second kappa shape index (κ2) is 12.7. The Kier molecular flexibility index (Phi) is 9.93. The Bertz CT molecular complexity index is 800. The van der Waals surface area contributed by atoms with Crippen molar-refractivity contribution in [2.24, 2.45) is 5.92 Å². The summed E-state index contributed by atoms with van der Waals surface area (Å²) in [5, 5.41) is 12.1. The molecule has 0 fully saturated rings. The lowest BCUT2D eigenvalue weighted by molar-refractivity contribution is -0.134. The number of pyridine rings is 1. The van der Waals surface area contributed by atoms with Gasteiger partial charge in [0.2, 0.25) is 5.91 Å². The predicted octanol–water partition coefficient (Wildman–Crippen LogP) is 2.25. The van der Waals surface area contributed by atoms with Crippen LogP contribution in [0.25, 0.3) is 0 Å². The number of hydrogen-bond donors (Lipinski definition) is 3. The molecule has 8 nitrogen and oxygen atoms in total. The lowest BCUT2D eigenvalue weighted by Gasteiger charge is -2.23. The zero-order valence-corrected chi connectivity index (χ0v) is 17.3. The van der Waals surface area contributed by atoms with Crippen molar-refractivity contribution in [3.63, 3.8) is 0 Å². The van der Waals surface area contributed by atoms with Crippen LogP contribution in [0.5, 0.6) is 0 Å². The van der Waals surface area contributed by atoms with Gasteiger partial charge < -0.3 is 14.8 Å². The Hall–Kier alpha value is -2.81.